The minimum atomic E-state index is -0.557. The third-order valence-corrected chi connectivity index (χ3v) is 3.09. The highest BCUT2D eigenvalue weighted by atomic mass is 35.5. The predicted molar refractivity (Wildman–Crippen MR) is 60.0 cm³/mol. The van der Waals surface area contributed by atoms with E-state index in [1.54, 1.807) is 0 Å². The van der Waals surface area contributed by atoms with E-state index in [2.05, 4.69) is 0 Å². The zero-order chi connectivity index (χ0) is 10.7. The van der Waals surface area contributed by atoms with Gasteiger partial charge >= 0.3 is 0 Å². The van der Waals surface area contributed by atoms with Crippen LogP contribution < -0.4 is 0 Å². The molecule has 3 heteroatoms. The fourth-order valence-electron chi connectivity index (χ4n) is 1.34. The van der Waals surface area contributed by atoms with Gasteiger partial charge in [-0.2, -0.15) is 0 Å². The van der Waals surface area contributed by atoms with Crippen LogP contribution in [-0.2, 0) is 10.7 Å². The standard InChI is InChI=1S/C11H12Cl2O/c1-7-9(6-12)4-3-5-10(7)11(13)8(2)14/h3-5,11H,6H2,1-2H3. The largest absolute Gasteiger partial charge is 0.298 e. The Morgan fingerprint density at radius 3 is 2.64 bits per heavy atom. The molecule has 0 aliphatic heterocycles. The molecule has 76 valence electrons. The van der Waals surface area contributed by atoms with Crippen molar-refractivity contribution in [1.82, 2.24) is 0 Å². The molecule has 1 nitrogen and oxygen atoms in total. The van der Waals surface area contributed by atoms with Crippen LogP contribution in [0, 0.1) is 6.92 Å². The highest BCUT2D eigenvalue weighted by Gasteiger charge is 2.16. The van der Waals surface area contributed by atoms with Gasteiger partial charge in [0.15, 0.2) is 5.78 Å². The number of ketones is 1. The molecule has 0 radical (unpaired) electrons. The van der Waals surface area contributed by atoms with Gasteiger partial charge in [-0.05, 0) is 30.5 Å². The predicted octanol–water partition coefficient (Wildman–Crippen LogP) is 3.60. The van der Waals surface area contributed by atoms with E-state index >= 15 is 0 Å². The van der Waals surface area contributed by atoms with Crippen LogP contribution in [0.5, 0.6) is 0 Å². The molecule has 1 aromatic rings. The monoisotopic (exact) mass is 230 g/mol. The molecule has 0 saturated heterocycles. The Morgan fingerprint density at radius 2 is 2.14 bits per heavy atom. The maximum Gasteiger partial charge on any atom is 0.152 e. The Morgan fingerprint density at radius 1 is 1.50 bits per heavy atom. The molecule has 14 heavy (non-hydrogen) atoms. The number of Topliss-reactive ketones (excluding diaryl/α,β-unsaturated/α-hetero) is 1. The van der Waals surface area contributed by atoms with Crippen LogP contribution in [0.25, 0.3) is 0 Å². The van der Waals surface area contributed by atoms with E-state index < -0.39 is 5.38 Å². The molecule has 1 rings (SSSR count). The van der Waals surface area contributed by atoms with Crippen molar-refractivity contribution in [3.05, 3.63) is 34.9 Å². The summed E-state index contributed by atoms with van der Waals surface area (Å²) in [6.45, 7) is 3.43. The molecule has 0 aromatic heterocycles. The number of hydrogen-bond acceptors (Lipinski definition) is 1. The Bertz CT molecular complexity index is 347. The van der Waals surface area contributed by atoms with Gasteiger partial charge in [0.25, 0.3) is 0 Å². The molecular weight excluding hydrogens is 219 g/mol. The van der Waals surface area contributed by atoms with Crippen LogP contribution >= 0.6 is 23.2 Å². The van der Waals surface area contributed by atoms with Crippen molar-refractivity contribution in [3.8, 4) is 0 Å². The Balaban J connectivity index is 3.15. The Hall–Kier alpha value is -0.530. The zero-order valence-electron chi connectivity index (χ0n) is 8.18. The second-order valence-corrected chi connectivity index (χ2v) is 3.94. The molecule has 0 aliphatic carbocycles. The van der Waals surface area contributed by atoms with Gasteiger partial charge in [-0.1, -0.05) is 18.2 Å². The molecule has 0 bridgehead atoms. The first-order valence-corrected chi connectivity index (χ1v) is 5.34. The third-order valence-electron chi connectivity index (χ3n) is 2.26. The summed E-state index contributed by atoms with van der Waals surface area (Å²) in [5.74, 6) is 0.405. The number of benzene rings is 1. The van der Waals surface area contributed by atoms with Crippen molar-refractivity contribution in [2.75, 3.05) is 0 Å². The summed E-state index contributed by atoms with van der Waals surface area (Å²) >= 11 is 11.7. The normalized spacial score (nSPS) is 12.6. The number of alkyl halides is 2. The van der Waals surface area contributed by atoms with Crippen molar-refractivity contribution < 1.29 is 4.79 Å². The van der Waals surface area contributed by atoms with Gasteiger partial charge in [0.1, 0.15) is 5.38 Å². The third kappa shape index (κ3) is 2.28. The SMILES string of the molecule is CC(=O)C(Cl)c1cccc(CCl)c1C. The number of hydrogen-bond donors (Lipinski definition) is 0. The lowest BCUT2D eigenvalue weighted by molar-refractivity contribution is -0.116. The second kappa shape index (κ2) is 4.81. The number of carbonyl (C=O) groups is 1. The van der Waals surface area contributed by atoms with Crippen molar-refractivity contribution >= 4 is 29.0 Å². The first kappa shape index (κ1) is 11.5. The highest BCUT2D eigenvalue weighted by Crippen LogP contribution is 2.27. The smallest absolute Gasteiger partial charge is 0.152 e. The zero-order valence-corrected chi connectivity index (χ0v) is 9.69. The van der Waals surface area contributed by atoms with Gasteiger partial charge in [0.2, 0.25) is 0 Å². The van der Waals surface area contributed by atoms with E-state index in [-0.39, 0.29) is 5.78 Å². The van der Waals surface area contributed by atoms with E-state index in [9.17, 15) is 4.79 Å². The molecule has 0 N–H and O–H groups in total. The first-order valence-electron chi connectivity index (χ1n) is 4.36. The maximum absolute atomic E-state index is 11.1. The Labute approximate surface area is 94.0 Å². The fraction of sp³-hybridized carbons (Fsp3) is 0.364. The number of rotatable bonds is 3. The van der Waals surface area contributed by atoms with Gasteiger partial charge in [0.05, 0.1) is 0 Å². The molecular formula is C11H12Cl2O. The fourth-order valence-corrected chi connectivity index (χ4v) is 1.87. The van der Waals surface area contributed by atoms with Crippen molar-refractivity contribution in [2.45, 2.75) is 25.1 Å². The molecule has 1 unspecified atom stereocenters. The minimum absolute atomic E-state index is 0.0403. The van der Waals surface area contributed by atoms with Crippen LogP contribution in [0.1, 0.15) is 29.0 Å². The molecule has 1 aromatic carbocycles. The van der Waals surface area contributed by atoms with Crippen LogP contribution in [-0.4, -0.2) is 5.78 Å². The highest BCUT2D eigenvalue weighted by molar-refractivity contribution is 6.31. The topological polar surface area (TPSA) is 17.1 Å². The lowest BCUT2D eigenvalue weighted by atomic mass is 9.99. The lowest BCUT2D eigenvalue weighted by Gasteiger charge is -2.12. The van der Waals surface area contributed by atoms with Crippen LogP contribution in [0.3, 0.4) is 0 Å². The number of carbonyl (C=O) groups excluding carboxylic acids is 1. The minimum Gasteiger partial charge on any atom is -0.298 e. The van der Waals surface area contributed by atoms with E-state index in [4.69, 9.17) is 23.2 Å². The summed E-state index contributed by atoms with van der Waals surface area (Å²) in [5.41, 5.74) is 2.89. The van der Waals surface area contributed by atoms with Crippen molar-refractivity contribution in [2.24, 2.45) is 0 Å². The van der Waals surface area contributed by atoms with Gasteiger partial charge < -0.3 is 0 Å². The van der Waals surface area contributed by atoms with Crippen molar-refractivity contribution in [3.63, 3.8) is 0 Å². The van der Waals surface area contributed by atoms with Gasteiger partial charge in [-0.15, -0.1) is 23.2 Å². The lowest BCUT2D eigenvalue weighted by Crippen LogP contribution is -2.04. The Kier molecular flexibility index (Phi) is 3.97. The summed E-state index contributed by atoms with van der Waals surface area (Å²) in [7, 11) is 0. The second-order valence-electron chi connectivity index (χ2n) is 3.24. The van der Waals surface area contributed by atoms with Gasteiger partial charge in [0, 0.05) is 5.88 Å². The average molecular weight is 231 g/mol. The van der Waals surface area contributed by atoms with Gasteiger partial charge in [-0.3, -0.25) is 4.79 Å². The molecule has 0 saturated carbocycles. The van der Waals surface area contributed by atoms with E-state index in [0.29, 0.717) is 5.88 Å². The van der Waals surface area contributed by atoms with Crippen molar-refractivity contribution in [1.29, 1.82) is 0 Å². The van der Waals surface area contributed by atoms with E-state index in [1.165, 1.54) is 6.92 Å². The molecule has 0 amide bonds. The molecule has 0 aliphatic rings. The maximum atomic E-state index is 11.1. The van der Waals surface area contributed by atoms with E-state index in [1.807, 2.05) is 25.1 Å². The molecule has 0 fully saturated rings. The summed E-state index contributed by atoms with van der Waals surface area (Å²) in [6, 6.07) is 5.68. The summed E-state index contributed by atoms with van der Waals surface area (Å²) in [5, 5.41) is -0.557. The molecule has 0 heterocycles. The first-order chi connectivity index (χ1) is 6.57. The van der Waals surface area contributed by atoms with Crippen LogP contribution in [0.15, 0.2) is 18.2 Å². The quantitative estimate of drug-likeness (QED) is 0.726. The number of halogens is 2. The summed E-state index contributed by atoms with van der Waals surface area (Å²) in [6.07, 6.45) is 0. The van der Waals surface area contributed by atoms with E-state index in [0.717, 1.165) is 16.7 Å². The van der Waals surface area contributed by atoms with Crippen LogP contribution in [0.2, 0.25) is 0 Å². The average Bonchev–Trinajstić information content (AvgIpc) is 2.17. The molecule has 1 atom stereocenters. The summed E-state index contributed by atoms with van der Waals surface area (Å²) < 4.78 is 0. The molecule has 0 spiro atoms. The van der Waals surface area contributed by atoms with Gasteiger partial charge in [-0.25, -0.2) is 0 Å². The van der Waals surface area contributed by atoms with Crippen LogP contribution in [0.4, 0.5) is 0 Å². The summed E-state index contributed by atoms with van der Waals surface area (Å²) in [4.78, 5) is 11.1.